The van der Waals surface area contributed by atoms with Crippen molar-refractivity contribution in [3.63, 3.8) is 0 Å². The van der Waals surface area contributed by atoms with Gasteiger partial charge in [-0.25, -0.2) is 0 Å². The predicted octanol–water partition coefficient (Wildman–Crippen LogP) is 2.17. The van der Waals surface area contributed by atoms with Gasteiger partial charge in [0.25, 0.3) is 0 Å². The Bertz CT molecular complexity index is 375. The lowest BCUT2D eigenvalue weighted by Crippen LogP contribution is -2.42. The normalized spacial score (nSPS) is 12.2. The number of rotatable bonds is 8. The zero-order valence-corrected chi connectivity index (χ0v) is 12.2. The second kappa shape index (κ2) is 8.64. The van der Waals surface area contributed by atoms with Crippen LogP contribution < -0.4 is 10.6 Å². The van der Waals surface area contributed by atoms with E-state index in [-0.39, 0.29) is 11.9 Å². The van der Waals surface area contributed by atoms with Gasteiger partial charge in [-0.15, -0.1) is 0 Å². The van der Waals surface area contributed by atoms with Gasteiger partial charge in [-0.05, 0) is 31.9 Å². The molecule has 106 valence electrons. The smallest absolute Gasteiger partial charge is 0.236 e. The number of pyridine rings is 1. The molecule has 19 heavy (non-hydrogen) atoms. The molecule has 1 amide bonds. The Morgan fingerprint density at radius 1 is 1.37 bits per heavy atom. The molecule has 0 aliphatic heterocycles. The molecule has 0 saturated carbocycles. The van der Waals surface area contributed by atoms with Crippen molar-refractivity contribution in [2.24, 2.45) is 0 Å². The summed E-state index contributed by atoms with van der Waals surface area (Å²) in [6.07, 6.45) is 5.23. The SMILES string of the molecule is CCCCCNC(=O)C(C)NCc1ccc(C)nc1. The summed E-state index contributed by atoms with van der Waals surface area (Å²) >= 11 is 0. The molecule has 0 radical (unpaired) electrons. The first-order valence-corrected chi connectivity index (χ1v) is 7.06. The minimum absolute atomic E-state index is 0.0659. The van der Waals surface area contributed by atoms with E-state index in [9.17, 15) is 4.79 Å². The van der Waals surface area contributed by atoms with Crippen LogP contribution in [0.1, 0.15) is 44.4 Å². The van der Waals surface area contributed by atoms with Crippen molar-refractivity contribution >= 4 is 5.91 Å². The number of nitrogens with zero attached hydrogens (tertiary/aromatic N) is 1. The molecule has 1 heterocycles. The van der Waals surface area contributed by atoms with Crippen molar-refractivity contribution in [1.29, 1.82) is 0 Å². The first-order valence-electron chi connectivity index (χ1n) is 7.06. The molecule has 4 heteroatoms. The van der Waals surface area contributed by atoms with Gasteiger partial charge in [0.2, 0.25) is 5.91 Å². The molecule has 2 N–H and O–H groups in total. The topological polar surface area (TPSA) is 54.0 Å². The maximum Gasteiger partial charge on any atom is 0.236 e. The molecule has 1 aromatic rings. The molecule has 1 rings (SSSR count). The molecule has 0 fully saturated rings. The number of nitrogens with one attached hydrogen (secondary N) is 2. The molecular weight excluding hydrogens is 238 g/mol. The van der Waals surface area contributed by atoms with Gasteiger partial charge in [-0.1, -0.05) is 25.8 Å². The molecule has 0 bridgehead atoms. The summed E-state index contributed by atoms with van der Waals surface area (Å²) in [4.78, 5) is 16.0. The highest BCUT2D eigenvalue weighted by atomic mass is 16.2. The number of hydrogen-bond donors (Lipinski definition) is 2. The third-order valence-electron chi connectivity index (χ3n) is 3.06. The third-order valence-corrected chi connectivity index (χ3v) is 3.06. The highest BCUT2D eigenvalue weighted by molar-refractivity contribution is 5.81. The summed E-state index contributed by atoms with van der Waals surface area (Å²) in [7, 11) is 0. The fourth-order valence-electron chi connectivity index (χ4n) is 1.71. The summed E-state index contributed by atoms with van der Waals surface area (Å²) in [6, 6.07) is 3.83. The summed E-state index contributed by atoms with van der Waals surface area (Å²) < 4.78 is 0. The van der Waals surface area contributed by atoms with Gasteiger partial charge in [-0.2, -0.15) is 0 Å². The highest BCUT2D eigenvalue weighted by Crippen LogP contribution is 1.99. The van der Waals surface area contributed by atoms with E-state index in [1.165, 1.54) is 6.42 Å². The maximum absolute atomic E-state index is 11.8. The molecule has 1 atom stereocenters. The van der Waals surface area contributed by atoms with Crippen LogP contribution in [0.3, 0.4) is 0 Å². The fraction of sp³-hybridized carbons (Fsp3) is 0.600. The van der Waals surface area contributed by atoms with Gasteiger partial charge in [0.05, 0.1) is 6.04 Å². The Morgan fingerprint density at radius 2 is 2.16 bits per heavy atom. The van der Waals surface area contributed by atoms with E-state index in [0.717, 1.165) is 30.6 Å². The maximum atomic E-state index is 11.8. The number of carbonyl (C=O) groups excluding carboxylic acids is 1. The molecule has 0 spiro atoms. The summed E-state index contributed by atoms with van der Waals surface area (Å²) in [5, 5.41) is 6.15. The molecule has 4 nitrogen and oxygen atoms in total. The Hall–Kier alpha value is -1.42. The molecule has 0 aliphatic carbocycles. The summed E-state index contributed by atoms with van der Waals surface area (Å²) in [5.41, 5.74) is 2.10. The summed E-state index contributed by atoms with van der Waals surface area (Å²) in [6.45, 7) is 7.43. The Morgan fingerprint density at radius 3 is 2.79 bits per heavy atom. The number of amides is 1. The number of hydrogen-bond acceptors (Lipinski definition) is 3. The van der Waals surface area contributed by atoms with Crippen LogP contribution in [0, 0.1) is 6.92 Å². The molecule has 1 aromatic heterocycles. The number of aromatic nitrogens is 1. The first-order chi connectivity index (χ1) is 9.13. The third kappa shape index (κ3) is 6.34. The van der Waals surface area contributed by atoms with E-state index in [2.05, 4.69) is 22.5 Å². The summed E-state index contributed by atoms with van der Waals surface area (Å²) in [5.74, 6) is 0.0659. The van der Waals surface area contributed by atoms with Crippen molar-refractivity contribution in [1.82, 2.24) is 15.6 Å². The number of unbranched alkanes of at least 4 members (excludes halogenated alkanes) is 2. The van der Waals surface area contributed by atoms with E-state index in [1.807, 2.05) is 32.2 Å². The van der Waals surface area contributed by atoms with Crippen LogP contribution >= 0.6 is 0 Å². The van der Waals surface area contributed by atoms with Crippen LogP contribution in [-0.4, -0.2) is 23.5 Å². The lowest BCUT2D eigenvalue weighted by Gasteiger charge is -2.14. The predicted molar refractivity (Wildman–Crippen MR) is 77.8 cm³/mol. The zero-order valence-electron chi connectivity index (χ0n) is 12.2. The van der Waals surface area contributed by atoms with Gasteiger partial charge in [0, 0.05) is 25.0 Å². The lowest BCUT2D eigenvalue weighted by molar-refractivity contribution is -0.122. The lowest BCUT2D eigenvalue weighted by atomic mass is 10.2. The van der Waals surface area contributed by atoms with Gasteiger partial charge < -0.3 is 10.6 Å². The van der Waals surface area contributed by atoms with Crippen LogP contribution in [0.2, 0.25) is 0 Å². The van der Waals surface area contributed by atoms with Gasteiger partial charge in [0.15, 0.2) is 0 Å². The van der Waals surface area contributed by atoms with Crippen LogP contribution in [0.15, 0.2) is 18.3 Å². The van der Waals surface area contributed by atoms with Gasteiger partial charge in [-0.3, -0.25) is 9.78 Å². The standard InChI is InChI=1S/C15H25N3O/c1-4-5-6-9-16-15(19)13(3)18-11-14-8-7-12(2)17-10-14/h7-8,10,13,18H,4-6,9,11H2,1-3H3,(H,16,19). The second-order valence-electron chi connectivity index (χ2n) is 4.91. The Labute approximate surface area is 116 Å². The molecular formula is C15H25N3O. The van der Waals surface area contributed by atoms with Gasteiger partial charge >= 0.3 is 0 Å². The minimum Gasteiger partial charge on any atom is -0.355 e. The fourth-order valence-corrected chi connectivity index (χ4v) is 1.71. The minimum atomic E-state index is -0.178. The first kappa shape index (κ1) is 15.6. The van der Waals surface area contributed by atoms with Crippen LogP contribution in [0.4, 0.5) is 0 Å². The quantitative estimate of drug-likeness (QED) is 0.707. The molecule has 0 aliphatic rings. The number of aryl methyl sites for hydroxylation is 1. The van der Waals surface area contributed by atoms with E-state index in [0.29, 0.717) is 6.54 Å². The monoisotopic (exact) mass is 263 g/mol. The number of carbonyl (C=O) groups is 1. The van der Waals surface area contributed by atoms with Crippen molar-refractivity contribution < 1.29 is 4.79 Å². The second-order valence-corrected chi connectivity index (χ2v) is 4.91. The highest BCUT2D eigenvalue weighted by Gasteiger charge is 2.10. The molecule has 1 unspecified atom stereocenters. The van der Waals surface area contributed by atoms with Gasteiger partial charge in [0.1, 0.15) is 0 Å². The van der Waals surface area contributed by atoms with Crippen molar-refractivity contribution in [3.05, 3.63) is 29.6 Å². The van der Waals surface area contributed by atoms with Crippen molar-refractivity contribution in [3.8, 4) is 0 Å². The van der Waals surface area contributed by atoms with Crippen molar-refractivity contribution in [2.75, 3.05) is 6.54 Å². The van der Waals surface area contributed by atoms with E-state index >= 15 is 0 Å². The van der Waals surface area contributed by atoms with Crippen LogP contribution in [0.5, 0.6) is 0 Å². The van der Waals surface area contributed by atoms with E-state index < -0.39 is 0 Å². The largest absolute Gasteiger partial charge is 0.355 e. The van der Waals surface area contributed by atoms with E-state index in [4.69, 9.17) is 0 Å². The van der Waals surface area contributed by atoms with Crippen molar-refractivity contribution in [2.45, 2.75) is 52.6 Å². The zero-order chi connectivity index (χ0) is 14.1. The average Bonchev–Trinajstić information content (AvgIpc) is 2.42. The van der Waals surface area contributed by atoms with Crippen LogP contribution in [0.25, 0.3) is 0 Å². The molecule has 0 saturated heterocycles. The van der Waals surface area contributed by atoms with E-state index in [1.54, 1.807) is 0 Å². The average molecular weight is 263 g/mol. The Kier molecular flexibility index (Phi) is 7.11. The molecule has 0 aromatic carbocycles. The van der Waals surface area contributed by atoms with Crippen LogP contribution in [-0.2, 0) is 11.3 Å². The Balaban J connectivity index is 2.24.